The van der Waals surface area contributed by atoms with E-state index in [0.29, 0.717) is 36.0 Å². The molecule has 1 amide bonds. The molecule has 1 N–H and O–H groups in total. The average Bonchev–Trinajstić information content (AvgIpc) is 3.04. The molecule has 1 aliphatic rings. The number of aromatic nitrogens is 1. The number of carboxylic acid groups (broad SMARTS) is 1. The van der Waals surface area contributed by atoms with E-state index in [1.165, 1.54) is 12.1 Å². The summed E-state index contributed by atoms with van der Waals surface area (Å²) in [5, 5.41) is 12.1. The molecule has 5 nitrogen and oxygen atoms in total. The lowest BCUT2D eigenvalue weighted by Gasteiger charge is -2.28. The minimum atomic E-state index is -0.950. The molecule has 0 fully saturated rings. The molecule has 2 heterocycles. The van der Waals surface area contributed by atoms with Crippen LogP contribution in [0.1, 0.15) is 21.6 Å². The number of nitrogens with zero attached hydrogens (tertiary/aromatic N) is 2. The van der Waals surface area contributed by atoms with Crippen LogP contribution >= 0.6 is 0 Å². The first-order valence-corrected chi connectivity index (χ1v) is 9.80. The zero-order valence-corrected chi connectivity index (χ0v) is 16.1. The van der Waals surface area contributed by atoms with E-state index in [4.69, 9.17) is 0 Å². The first-order valence-electron chi connectivity index (χ1n) is 9.80. The van der Waals surface area contributed by atoms with Gasteiger partial charge < -0.3 is 14.6 Å². The van der Waals surface area contributed by atoms with E-state index in [2.05, 4.69) is 0 Å². The maximum absolute atomic E-state index is 13.9. The molecule has 4 aromatic rings. The number of carboxylic acids is 1. The molecule has 0 bridgehead atoms. The van der Waals surface area contributed by atoms with Crippen LogP contribution in [0.4, 0.5) is 4.39 Å². The molecule has 6 heteroatoms. The lowest BCUT2D eigenvalue weighted by Crippen LogP contribution is -2.36. The Morgan fingerprint density at radius 1 is 1.00 bits per heavy atom. The lowest BCUT2D eigenvalue weighted by atomic mass is 10.0. The number of rotatable bonds is 3. The van der Waals surface area contributed by atoms with Crippen LogP contribution in [0.2, 0.25) is 0 Å². The smallest absolute Gasteiger partial charge is 0.323 e. The molecule has 0 radical (unpaired) electrons. The van der Waals surface area contributed by atoms with Crippen LogP contribution in [0.5, 0.6) is 0 Å². The van der Waals surface area contributed by atoms with E-state index in [-0.39, 0.29) is 18.3 Å². The third-order valence-electron chi connectivity index (χ3n) is 5.79. The van der Waals surface area contributed by atoms with Gasteiger partial charge >= 0.3 is 5.97 Å². The zero-order chi connectivity index (χ0) is 20.8. The standard InChI is InChI=1S/C24H19FN2O3/c25-18-7-8-21-19(12-18)20-13-26(10-9-22(20)27(21)14-23(28)29)24(30)17-6-5-15-3-1-2-4-16(15)11-17/h1-8,11-12H,9-10,13-14H2,(H,28,29). The van der Waals surface area contributed by atoms with Crippen molar-refractivity contribution < 1.29 is 19.1 Å². The van der Waals surface area contributed by atoms with Gasteiger partial charge in [0, 0.05) is 47.2 Å². The van der Waals surface area contributed by atoms with Crippen molar-refractivity contribution in [2.75, 3.05) is 6.54 Å². The summed E-state index contributed by atoms with van der Waals surface area (Å²) < 4.78 is 15.7. The molecule has 0 atom stereocenters. The van der Waals surface area contributed by atoms with Crippen LogP contribution in [-0.4, -0.2) is 33.0 Å². The summed E-state index contributed by atoms with van der Waals surface area (Å²) in [6.07, 6.45) is 0.526. The van der Waals surface area contributed by atoms with Gasteiger partial charge in [-0.1, -0.05) is 30.3 Å². The largest absolute Gasteiger partial charge is 0.480 e. The summed E-state index contributed by atoms with van der Waals surface area (Å²) in [6.45, 7) is 0.626. The highest BCUT2D eigenvalue weighted by molar-refractivity contribution is 5.99. The molecule has 0 unspecified atom stereocenters. The molecular weight excluding hydrogens is 383 g/mol. The van der Waals surface area contributed by atoms with Crippen molar-refractivity contribution in [2.45, 2.75) is 19.5 Å². The molecule has 30 heavy (non-hydrogen) atoms. The van der Waals surface area contributed by atoms with E-state index in [0.717, 1.165) is 22.0 Å². The lowest BCUT2D eigenvalue weighted by molar-refractivity contribution is -0.137. The van der Waals surface area contributed by atoms with Gasteiger partial charge in [-0.25, -0.2) is 4.39 Å². The minimum absolute atomic E-state index is 0.0815. The number of fused-ring (bicyclic) bond motifs is 4. The topological polar surface area (TPSA) is 62.5 Å². The number of benzene rings is 3. The van der Waals surface area contributed by atoms with E-state index >= 15 is 0 Å². The van der Waals surface area contributed by atoms with Crippen LogP contribution in [0.25, 0.3) is 21.7 Å². The van der Waals surface area contributed by atoms with Gasteiger partial charge in [-0.15, -0.1) is 0 Å². The molecule has 0 saturated carbocycles. The average molecular weight is 402 g/mol. The summed E-state index contributed by atoms with van der Waals surface area (Å²) >= 11 is 0. The van der Waals surface area contributed by atoms with Gasteiger partial charge in [0.15, 0.2) is 0 Å². The van der Waals surface area contributed by atoms with Gasteiger partial charge in [-0.05, 0) is 41.1 Å². The second kappa shape index (κ2) is 6.99. The SMILES string of the molecule is O=C(O)Cn1c2c(c3cc(F)ccc31)CN(C(=O)c1ccc3ccccc3c1)CC2. The fraction of sp³-hybridized carbons (Fsp3) is 0.167. The molecule has 0 aliphatic carbocycles. The molecule has 150 valence electrons. The summed E-state index contributed by atoms with van der Waals surface area (Å²) in [4.78, 5) is 26.3. The van der Waals surface area contributed by atoms with E-state index < -0.39 is 5.97 Å². The van der Waals surface area contributed by atoms with Gasteiger partial charge in [0.05, 0.1) is 0 Å². The Balaban J connectivity index is 1.53. The molecule has 5 rings (SSSR count). The minimum Gasteiger partial charge on any atom is -0.480 e. The van der Waals surface area contributed by atoms with Gasteiger partial charge in [0.1, 0.15) is 12.4 Å². The van der Waals surface area contributed by atoms with Gasteiger partial charge in [-0.3, -0.25) is 9.59 Å². The molecular formula is C24H19FN2O3. The summed E-state index contributed by atoms with van der Waals surface area (Å²) in [6, 6.07) is 17.9. The molecule has 0 spiro atoms. The third kappa shape index (κ3) is 3.01. The van der Waals surface area contributed by atoms with Crippen molar-refractivity contribution in [3.8, 4) is 0 Å². The number of amides is 1. The maximum atomic E-state index is 13.9. The number of hydrogen-bond donors (Lipinski definition) is 1. The first-order chi connectivity index (χ1) is 14.5. The van der Waals surface area contributed by atoms with Gasteiger partial charge in [0.2, 0.25) is 0 Å². The van der Waals surface area contributed by atoms with Gasteiger partial charge in [0.25, 0.3) is 5.91 Å². The van der Waals surface area contributed by atoms with E-state index in [1.54, 1.807) is 15.5 Å². The molecule has 3 aromatic carbocycles. The Labute approximate surface area is 171 Å². The van der Waals surface area contributed by atoms with Crippen molar-refractivity contribution in [3.05, 3.63) is 83.3 Å². The molecule has 0 saturated heterocycles. The molecule has 1 aliphatic heterocycles. The Kier molecular flexibility index (Phi) is 4.28. The first kappa shape index (κ1) is 18.4. The van der Waals surface area contributed by atoms with Crippen molar-refractivity contribution in [3.63, 3.8) is 0 Å². The summed E-state index contributed by atoms with van der Waals surface area (Å²) in [5.74, 6) is -1.41. The number of aliphatic carboxylic acids is 1. The van der Waals surface area contributed by atoms with E-state index in [9.17, 15) is 19.1 Å². The van der Waals surface area contributed by atoms with E-state index in [1.807, 2.05) is 42.5 Å². The van der Waals surface area contributed by atoms with Crippen LogP contribution in [0.15, 0.2) is 60.7 Å². The highest BCUT2D eigenvalue weighted by atomic mass is 19.1. The van der Waals surface area contributed by atoms with Crippen LogP contribution in [0.3, 0.4) is 0 Å². The Morgan fingerprint density at radius 3 is 2.60 bits per heavy atom. The van der Waals surface area contributed by atoms with Crippen molar-refractivity contribution in [1.82, 2.24) is 9.47 Å². The van der Waals surface area contributed by atoms with Crippen LogP contribution < -0.4 is 0 Å². The predicted octanol–water partition coefficient (Wildman–Crippen LogP) is 4.22. The quantitative estimate of drug-likeness (QED) is 0.558. The number of carbonyl (C=O) groups is 2. The second-order valence-electron chi connectivity index (χ2n) is 7.61. The van der Waals surface area contributed by atoms with Gasteiger partial charge in [-0.2, -0.15) is 0 Å². The number of halogens is 1. The Hall–Kier alpha value is -3.67. The normalized spacial score (nSPS) is 13.6. The fourth-order valence-corrected chi connectivity index (χ4v) is 4.42. The number of hydrogen-bond acceptors (Lipinski definition) is 2. The third-order valence-corrected chi connectivity index (χ3v) is 5.79. The zero-order valence-electron chi connectivity index (χ0n) is 16.1. The van der Waals surface area contributed by atoms with Crippen molar-refractivity contribution in [2.24, 2.45) is 0 Å². The van der Waals surface area contributed by atoms with Crippen LogP contribution in [0, 0.1) is 5.82 Å². The maximum Gasteiger partial charge on any atom is 0.323 e. The molecule has 1 aromatic heterocycles. The second-order valence-corrected chi connectivity index (χ2v) is 7.61. The Morgan fingerprint density at radius 2 is 1.80 bits per heavy atom. The fourth-order valence-electron chi connectivity index (χ4n) is 4.42. The van der Waals surface area contributed by atoms with Crippen LogP contribution in [-0.2, 0) is 24.3 Å². The predicted molar refractivity (Wildman–Crippen MR) is 112 cm³/mol. The number of carbonyl (C=O) groups excluding carboxylic acids is 1. The highest BCUT2D eigenvalue weighted by Crippen LogP contribution is 2.32. The van der Waals surface area contributed by atoms with Crippen molar-refractivity contribution in [1.29, 1.82) is 0 Å². The summed E-state index contributed by atoms with van der Waals surface area (Å²) in [5.41, 5.74) is 2.98. The monoisotopic (exact) mass is 402 g/mol. The summed E-state index contributed by atoms with van der Waals surface area (Å²) in [7, 11) is 0. The van der Waals surface area contributed by atoms with Crippen molar-refractivity contribution >= 4 is 33.6 Å². The Bertz CT molecular complexity index is 1330. The highest BCUT2D eigenvalue weighted by Gasteiger charge is 2.28.